The zero-order valence-electron chi connectivity index (χ0n) is 14.5. The number of amides is 1. The molecule has 0 saturated heterocycles. The molecule has 7 nitrogen and oxygen atoms in total. The van der Waals surface area contributed by atoms with Gasteiger partial charge in [0, 0.05) is 19.1 Å². The highest BCUT2D eigenvalue weighted by molar-refractivity contribution is 5.64. The van der Waals surface area contributed by atoms with Gasteiger partial charge in [0.15, 0.2) is 0 Å². The maximum Gasteiger partial charge on any atom is 0.404 e. The highest BCUT2D eigenvalue weighted by Gasteiger charge is 2.15. The van der Waals surface area contributed by atoms with Gasteiger partial charge in [-0.1, -0.05) is 19.1 Å². The topological polar surface area (TPSA) is 100 Å². The van der Waals surface area contributed by atoms with E-state index in [1.165, 1.54) is 0 Å². The highest BCUT2D eigenvalue weighted by atomic mass is 16.5. The number of hydrogen-bond acceptors (Lipinski definition) is 5. The first-order valence-corrected chi connectivity index (χ1v) is 8.01. The Hall–Kier alpha value is -1.83. The number of carbonyl (C=O) groups is 1. The highest BCUT2D eigenvalue weighted by Crippen LogP contribution is 2.12. The molecule has 3 atom stereocenters. The van der Waals surface area contributed by atoms with Crippen LogP contribution in [-0.4, -0.2) is 55.3 Å². The van der Waals surface area contributed by atoms with Gasteiger partial charge in [-0.3, -0.25) is 0 Å². The largest absolute Gasteiger partial charge is 0.497 e. The Morgan fingerprint density at radius 1 is 1.21 bits per heavy atom. The third-order valence-electron chi connectivity index (χ3n) is 3.70. The summed E-state index contributed by atoms with van der Waals surface area (Å²) in [5, 5.41) is 23.8. The monoisotopic (exact) mass is 340 g/mol. The molecule has 7 heteroatoms. The van der Waals surface area contributed by atoms with Crippen molar-refractivity contribution in [2.45, 2.75) is 32.6 Å². The van der Waals surface area contributed by atoms with Crippen LogP contribution < -0.4 is 15.4 Å². The number of rotatable bonds is 11. The number of aliphatic hydroxyl groups excluding tert-OH is 1. The van der Waals surface area contributed by atoms with Crippen molar-refractivity contribution >= 4 is 6.09 Å². The zero-order valence-corrected chi connectivity index (χ0v) is 14.5. The van der Waals surface area contributed by atoms with Gasteiger partial charge >= 0.3 is 6.09 Å². The molecule has 0 fully saturated rings. The molecule has 0 aliphatic heterocycles. The number of hydrogen-bond donors (Lipinski definition) is 4. The summed E-state index contributed by atoms with van der Waals surface area (Å²) in [5.41, 5.74) is 1.08. The zero-order chi connectivity index (χ0) is 17.9. The quantitative estimate of drug-likeness (QED) is 0.487. The second kappa shape index (κ2) is 10.9. The molecule has 1 amide bonds. The maximum absolute atomic E-state index is 10.4. The molecular weight excluding hydrogens is 312 g/mol. The summed E-state index contributed by atoms with van der Waals surface area (Å²) in [7, 11) is 1.63. The minimum absolute atomic E-state index is 0.0283. The van der Waals surface area contributed by atoms with Crippen LogP contribution in [0.15, 0.2) is 24.3 Å². The van der Waals surface area contributed by atoms with Gasteiger partial charge in [-0.2, -0.15) is 0 Å². The molecule has 24 heavy (non-hydrogen) atoms. The van der Waals surface area contributed by atoms with Crippen molar-refractivity contribution in [1.29, 1.82) is 0 Å². The number of carboxylic acid groups (broad SMARTS) is 1. The fourth-order valence-corrected chi connectivity index (χ4v) is 2.05. The maximum atomic E-state index is 10.4. The molecular formula is C17H28N2O5. The first kappa shape index (κ1) is 20.2. The lowest BCUT2D eigenvalue weighted by Crippen LogP contribution is -2.41. The van der Waals surface area contributed by atoms with Gasteiger partial charge in [-0.05, 0) is 30.5 Å². The molecule has 0 heterocycles. The fourth-order valence-electron chi connectivity index (χ4n) is 2.05. The molecule has 0 aliphatic rings. The van der Waals surface area contributed by atoms with Gasteiger partial charge in [-0.25, -0.2) is 4.79 Å². The number of ether oxygens (including phenoxy) is 2. The van der Waals surface area contributed by atoms with Crippen molar-refractivity contribution in [3.05, 3.63) is 29.8 Å². The summed E-state index contributed by atoms with van der Waals surface area (Å²) in [6, 6.07) is 7.85. The SMILES string of the molecule is COc1ccc(COC[C@H](C)NC[C@@H](C)[C@@H](O)CNC(=O)O)cc1. The third kappa shape index (κ3) is 8.14. The van der Waals surface area contributed by atoms with Crippen LogP contribution >= 0.6 is 0 Å². The standard InChI is InChI=1S/C17H28N2O5/c1-12(16(20)9-19-17(21)22)8-18-13(2)10-24-11-14-4-6-15(23-3)7-5-14/h4-7,12-13,16,18-20H,8-11H2,1-3H3,(H,21,22)/t12-,13+,16+/m1/s1. The second-order valence-electron chi connectivity index (χ2n) is 5.90. The molecule has 0 aliphatic carbocycles. The van der Waals surface area contributed by atoms with Gasteiger partial charge in [0.2, 0.25) is 0 Å². The van der Waals surface area contributed by atoms with Gasteiger partial charge < -0.3 is 30.3 Å². The van der Waals surface area contributed by atoms with Crippen LogP contribution in [0.2, 0.25) is 0 Å². The van der Waals surface area contributed by atoms with Gasteiger partial charge in [0.05, 0.1) is 26.4 Å². The van der Waals surface area contributed by atoms with E-state index in [9.17, 15) is 9.90 Å². The number of aliphatic hydroxyl groups is 1. The summed E-state index contributed by atoms with van der Waals surface area (Å²) in [5.74, 6) is 0.750. The van der Waals surface area contributed by atoms with Crippen LogP contribution in [-0.2, 0) is 11.3 Å². The Morgan fingerprint density at radius 2 is 1.88 bits per heavy atom. The van der Waals surface area contributed by atoms with Crippen LogP contribution in [0.4, 0.5) is 4.79 Å². The van der Waals surface area contributed by atoms with E-state index in [1.807, 2.05) is 38.1 Å². The summed E-state index contributed by atoms with van der Waals surface area (Å²) in [4.78, 5) is 10.4. The Kier molecular flexibility index (Phi) is 9.14. The predicted octanol–water partition coefficient (Wildman–Crippen LogP) is 1.45. The molecule has 0 spiro atoms. The fraction of sp³-hybridized carbons (Fsp3) is 0.588. The lowest BCUT2D eigenvalue weighted by atomic mass is 10.0. The smallest absolute Gasteiger partial charge is 0.404 e. The molecule has 0 saturated carbocycles. The van der Waals surface area contributed by atoms with E-state index < -0.39 is 12.2 Å². The first-order valence-electron chi connectivity index (χ1n) is 8.01. The van der Waals surface area contributed by atoms with E-state index in [-0.39, 0.29) is 18.5 Å². The molecule has 0 bridgehead atoms. The molecule has 0 radical (unpaired) electrons. The van der Waals surface area contributed by atoms with Gasteiger partial charge in [0.25, 0.3) is 0 Å². The lowest BCUT2D eigenvalue weighted by molar-refractivity contribution is 0.0892. The molecule has 4 N–H and O–H groups in total. The second-order valence-corrected chi connectivity index (χ2v) is 5.90. The first-order chi connectivity index (χ1) is 11.4. The Balaban J connectivity index is 2.18. The third-order valence-corrected chi connectivity index (χ3v) is 3.70. The normalized spacial score (nSPS) is 14.7. The molecule has 0 aromatic heterocycles. The van der Waals surface area contributed by atoms with Crippen LogP contribution in [0.25, 0.3) is 0 Å². The molecule has 1 aromatic carbocycles. The van der Waals surface area contributed by atoms with E-state index in [1.54, 1.807) is 7.11 Å². The average molecular weight is 340 g/mol. The van der Waals surface area contributed by atoms with Crippen LogP contribution in [0.3, 0.4) is 0 Å². The molecule has 0 unspecified atom stereocenters. The van der Waals surface area contributed by atoms with Crippen LogP contribution in [0, 0.1) is 5.92 Å². The van der Waals surface area contributed by atoms with Crippen molar-refractivity contribution in [3.63, 3.8) is 0 Å². The molecule has 136 valence electrons. The van der Waals surface area contributed by atoms with E-state index in [0.717, 1.165) is 11.3 Å². The van der Waals surface area contributed by atoms with Gasteiger partial charge in [-0.15, -0.1) is 0 Å². The summed E-state index contributed by atoms with van der Waals surface area (Å²) < 4.78 is 10.8. The molecule has 1 aromatic rings. The number of methoxy groups -OCH3 is 1. The van der Waals surface area contributed by atoms with Crippen molar-refractivity contribution < 1.29 is 24.5 Å². The summed E-state index contributed by atoms with van der Waals surface area (Å²) in [6.45, 7) is 5.55. The summed E-state index contributed by atoms with van der Waals surface area (Å²) >= 11 is 0. The Bertz CT molecular complexity index is 480. The predicted molar refractivity (Wildman–Crippen MR) is 91.3 cm³/mol. The van der Waals surface area contributed by atoms with Crippen molar-refractivity contribution in [2.24, 2.45) is 5.92 Å². The van der Waals surface area contributed by atoms with E-state index in [2.05, 4.69) is 10.6 Å². The van der Waals surface area contributed by atoms with E-state index in [0.29, 0.717) is 19.8 Å². The lowest BCUT2D eigenvalue weighted by Gasteiger charge is -2.22. The minimum atomic E-state index is -1.13. The molecule has 1 rings (SSSR count). The Morgan fingerprint density at radius 3 is 2.46 bits per heavy atom. The van der Waals surface area contributed by atoms with E-state index >= 15 is 0 Å². The van der Waals surface area contributed by atoms with Crippen molar-refractivity contribution in [1.82, 2.24) is 10.6 Å². The van der Waals surface area contributed by atoms with Crippen LogP contribution in [0.5, 0.6) is 5.75 Å². The Labute approximate surface area is 143 Å². The summed E-state index contributed by atoms with van der Waals surface area (Å²) in [6.07, 6.45) is -1.85. The van der Waals surface area contributed by atoms with Crippen molar-refractivity contribution in [2.75, 3.05) is 26.8 Å². The van der Waals surface area contributed by atoms with Crippen LogP contribution in [0.1, 0.15) is 19.4 Å². The average Bonchev–Trinajstić information content (AvgIpc) is 2.58. The van der Waals surface area contributed by atoms with E-state index in [4.69, 9.17) is 14.6 Å². The number of nitrogens with one attached hydrogen (secondary N) is 2. The van der Waals surface area contributed by atoms with Crippen molar-refractivity contribution in [3.8, 4) is 5.75 Å². The van der Waals surface area contributed by atoms with Gasteiger partial charge in [0.1, 0.15) is 5.75 Å². The number of benzene rings is 1. The minimum Gasteiger partial charge on any atom is -0.497 e.